The molecule has 8 heteroatoms. The molecule has 0 aliphatic carbocycles. The summed E-state index contributed by atoms with van der Waals surface area (Å²) in [4.78, 5) is 32.6. The molecular formula is C23H21N3O5. The molecule has 0 bridgehead atoms. The number of benzene rings is 2. The van der Waals surface area contributed by atoms with E-state index >= 15 is 0 Å². The fourth-order valence-electron chi connectivity index (χ4n) is 3.27. The molecule has 2 heterocycles. The number of ether oxygens (including phenoxy) is 3. The van der Waals surface area contributed by atoms with Gasteiger partial charge in [0.1, 0.15) is 6.61 Å². The molecule has 0 saturated carbocycles. The van der Waals surface area contributed by atoms with Gasteiger partial charge in [-0.05, 0) is 23.3 Å². The number of hydrogen-bond donors (Lipinski definition) is 1. The van der Waals surface area contributed by atoms with Crippen LogP contribution < -0.4 is 25.5 Å². The second kappa shape index (κ2) is 8.74. The zero-order chi connectivity index (χ0) is 21.8. The summed E-state index contributed by atoms with van der Waals surface area (Å²) < 4.78 is 17.4. The van der Waals surface area contributed by atoms with Gasteiger partial charge in [0, 0.05) is 18.3 Å². The van der Waals surface area contributed by atoms with E-state index in [-0.39, 0.29) is 6.54 Å². The predicted octanol–water partition coefficient (Wildman–Crippen LogP) is 2.73. The molecular weight excluding hydrogens is 398 g/mol. The van der Waals surface area contributed by atoms with Gasteiger partial charge in [0.25, 0.3) is 5.56 Å². The fraction of sp³-hybridized carbons (Fsp3) is 0.174. The smallest absolute Gasteiger partial charge is 0.329 e. The van der Waals surface area contributed by atoms with Crippen LogP contribution in [0.15, 0.2) is 70.4 Å². The second-order valence-electron chi connectivity index (χ2n) is 6.85. The molecule has 4 aromatic rings. The highest BCUT2D eigenvalue weighted by molar-refractivity contribution is 5.81. The Balaban J connectivity index is 1.64. The van der Waals surface area contributed by atoms with Crippen LogP contribution in [-0.2, 0) is 13.2 Å². The lowest BCUT2D eigenvalue weighted by molar-refractivity contribution is 0.293. The summed E-state index contributed by atoms with van der Waals surface area (Å²) in [5, 5.41) is 0.326. The molecule has 0 radical (unpaired) electrons. The maximum atomic E-state index is 13.0. The average Bonchev–Trinajstić information content (AvgIpc) is 2.80. The highest BCUT2D eigenvalue weighted by Gasteiger charge is 2.13. The standard InChI is InChI=1S/C23H21N3O5/c1-29-19-11-17-18(12-20(19)30-2)25-23(28)26(22(17)27)13-16-8-9-24-21(10-16)31-14-15-6-4-3-5-7-15/h3-12H,13-14H2,1-2H3,(H,25,28). The SMILES string of the molecule is COc1cc2[nH]c(=O)n(Cc3ccnc(OCc4ccccc4)c3)c(=O)c2cc1OC. The Kier molecular flexibility index (Phi) is 5.70. The van der Waals surface area contributed by atoms with Gasteiger partial charge in [-0.15, -0.1) is 0 Å². The maximum Gasteiger partial charge on any atom is 0.329 e. The summed E-state index contributed by atoms with van der Waals surface area (Å²) in [7, 11) is 2.98. The van der Waals surface area contributed by atoms with Crippen molar-refractivity contribution in [3.63, 3.8) is 0 Å². The van der Waals surface area contributed by atoms with Crippen molar-refractivity contribution in [1.29, 1.82) is 0 Å². The lowest BCUT2D eigenvalue weighted by atomic mass is 10.2. The number of aromatic nitrogens is 3. The first-order valence-electron chi connectivity index (χ1n) is 9.59. The molecule has 2 aromatic carbocycles. The van der Waals surface area contributed by atoms with E-state index in [4.69, 9.17) is 14.2 Å². The zero-order valence-electron chi connectivity index (χ0n) is 17.1. The van der Waals surface area contributed by atoms with Crippen molar-refractivity contribution < 1.29 is 14.2 Å². The van der Waals surface area contributed by atoms with E-state index in [1.807, 2.05) is 30.3 Å². The van der Waals surface area contributed by atoms with E-state index in [0.29, 0.717) is 40.5 Å². The van der Waals surface area contributed by atoms with E-state index < -0.39 is 11.2 Å². The molecule has 0 fully saturated rings. The highest BCUT2D eigenvalue weighted by Crippen LogP contribution is 2.29. The summed E-state index contributed by atoms with van der Waals surface area (Å²) in [5.74, 6) is 1.25. The van der Waals surface area contributed by atoms with E-state index in [9.17, 15) is 9.59 Å². The lowest BCUT2D eigenvalue weighted by Crippen LogP contribution is -2.35. The van der Waals surface area contributed by atoms with Crippen LogP contribution in [0.1, 0.15) is 11.1 Å². The van der Waals surface area contributed by atoms with Crippen molar-refractivity contribution in [3.05, 3.63) is 92.8 Å². The number of methoxy groups -OCH3 is 2. The Morgan fingerprint density at radius 1 is 0.935 bits per heavy atom. The van der Waals surface area contributed by atoms with E-state index in [1.54, 1.807) is 30.5 Å². The Bertz CT molecular complexity index is 1330. The Hall–Kier alpha value is -4.07. The largest absolute Gasteiger partial charge is 0.493 e. The third kappa shape index (κ3) is 4.28. The van der Waals surface area contributed by atoms with Gasteiger partial charge in [0.15, 0.2) is 11.5 Å². The maximum absolute atomic E-state index is 13.0. The minimum absolute atomic E-state index is 0.0721. The molecule has 0 aliphatic heterocycles. The Morgan fingerprint density at radius 3 is 2.42 bits per heavy atom. The number of aromatic amines is 1. The average molecular weight is 419 g/mol. The van der Waals surface area contributed by atoms with Crippen LogP contribution in [-0.4, -0.2) is 28.8 Å². The monoisotopic (exact) mass is 419 g/mol. The van der Waals surface area contributed by atoms with Crippen molar-refractivity contribution in [3.8, 4) is 17.4 Å². The number of nitrogens with zero attached hydrogens (tertiary/aromatic N) is 2. The van der Waals surface area contributed by atoms with Crippen molar-refractivity contribution in [2.24, 2.45) is 0 Å². The van der Waals surface area contributed by atoms with Crippen molar-refractivity contribution in [2.75, 3.05) is 14.2 Å². The van der Waals surface area contributed by atoms with E-state index in [0.717, 1.165) is 10.1 Å². The summed E-state index contributed by atoms with van der Waals surface area (Å²) in [5.41, 5.74) is 1.16. The van der Waals surface area contributed by atoms with Gasteiger partial charge in [-0.25, -0.2) is 9.78 Å². The van der Waals surface area contributed by atoms with Crippen molar-refractivity contribution in [1.82, 2.24) is 14.5 Å². The summed E-state index contributed by atoms with van der Waals surface area (Å²) in [6, 6.07) is 16.3. The molecule has 31 heavy (non-hydrogen) atoms. The third-order valence-corrected chi connectivity index (χ3v) is 4.86. The predicted molar refractivity (Wildman–Crippen MR) is 116 cm³/mol. The summed E-state index contributed by atoms with van der Waals surface area (Å²) in [6.07, 6.45) is 1.59. The van der Waals surface area contributed by atoms with Gasteiger partial charge in [0.05, 0.1) is 31.7 Å². The quantitative estimate of drug-likeness (QED) is 0.495. The van der Waals surface area contributed by atoms with Crippen LogP contribution >= 0.6 is 0 Å². The van der Waals surface area contributed by atoms with Gasteiger partial charge in [-0.1, -0.05) is 30.3 Å². The molecule has 0 spiro atoms. The number of H-pyrrole nitrogens is 1. The van der Waals surface area contributed by atoms with E-state index in [2.05, 4.69) is 9.97 Å². The lowest BCUT2D eigenvalue weighted by Gasteiger charge is -2.11. The summed E-state index contributed by atoms with van der Waals surface area (Å²) >= 11 is 0. The minimum atomic E-state index is -0.520. The van der Waals surface area contributed by atoms with Crippen LogP contribution in [0.5, 0.6) is 17.4 Å². The molecule has 1 N–H and O–H groups in total. The first kappa shape index (κ1) is 20.2. The van der Waals surface area contributed by atoms with Crippen LogP contribution in [0, 0.1) is 0 Å². The van der Waals surface area contributed by atoms with Crippen LogP contribution in [0.4, 0.5) is 0 Å². The summed E-state index contributed by atoms with van der Waals surface area (Å²) in [6.45, 7) is 0.443. The third-order valence-electron chi connectivity index (χ3n) is 4.86. The van der Waals surface area contributed by atoms with Crippen molar-refractivity contribution >= 4 is 10.9 Å². The highest BCUT2D eigenvalue weighted by atomic mass is 16.5. The molecule has 0 unspecified atom stereocenters. The van der Waals surface area contributed by atoms with Gasteiger partial charge < -0.3 is 19.2 Å². The minimum Gasteiger partial charge on any atom is -0.493 e. The molecule has 0 saturated heterocycles. The van der Waals surface area contributed by atoms with E-state index in [1.165, 1.54) is 14.2 Å². The first-order valence-corrected chi connectivity index (χ1v) is 9.59. The normalized spacial score (nSPS) is 10.8. The van der Waals surface area contributed by atoms with Crippen molar-refractivity contribution in [2.45, 2.75) is 13.2 Å². The molecule has 0 amide bonds. The van der Waals surface area contributed by atoms with Gasteiger partial charge in [0.2, 0.25) is 5.88 Å². The van der Waals surface area contributed by atoms with Gasteiger partial charge in [-0.2, -0.15) is 0 Å². The number of fused-ring (bicyclic) bond motifs is 1. The Morgan fingerprint density at radius 2 is 1.68 bits per heavy atom. The second-order valence-corrected chi connectivity index (χ2v) is 6.85. The number of rotatable bonds is 7. The Labute approximate surface area is 177 Å². The number of hydrogen-bond acceptors (Lipinski definition) is 6. The molecule has 4 rings (SSSR count). The van der Waals surface area contributed by atoms with Crippen LogP contribution in [0.25, 0.3) is 10.9 Å². The fourth-order valence-corrected chi connectivity index (χ4v) is 3.27. The molecule has 0 aliphatic rings. The molecule has 158 valence electrons. The molecule has 2 aromatic heterocycles. The van der Waals surface area contributed by atoms with Gasteiger partial charge >= 0.3 is 5.69 Å². The zero-order valence-corrected chi connectivity index (χ0v) is 17.1. The van der Waals surface area contributed by atoms with Crippen LogP contribution in [0.2, 0.25) is 0 Å². The molecule has 8 nitrogen and oxygen atoms in total. The number of pyridine rings is 1. The topological polar surface area (TPSA) is 95.4 Å². The number of nitrogens with one attached hydrogen (secondary N) is 1. The van der Waals surface area contributed by atoms with Gasteiger partial charge in [-0.3, -0.25) is 9.36 Å². The van der Waals surface area contributed by atoms with Crippen LogP contribution in [0.3, 0.4) is 0 Å². The first-order chi connectivity index (χ1) is 15.1. The molecule has 0 atom stereocenters.